The Hall–Kier alpha value is -2.11. The van der Waals surface area contributed by atoms with Crippen molar-refractivity contribution in [2.45, 2.75) is 25.7 Å². The molecule has 0 fully saturated rings. The number of anilines is 1. The van der Waals surface area contributed by atoms with Gasteiger partial charge in [-0.05, 0) is 31.2 Å². The summed E-state index contributed by atoms with van der Waals surface area (Å²) in [5.74, 6) is -0.524. The van der Waals surface area contributed by atoms with E-state index in [9.17, 15) is 4.79 Å². The lowest BCUT2D eigenvalue weighted by Gasteiger charge is -2.16. The van der Waals surface area contributed by atoms with Crippen molar-refractivity contribution in [3.05, 3.63) is 17.0 Å². The molecule has 1 aliphatic carbocycles. The summed E-state index contributed by atoms with van der Waals surface area (Å²) < 4.78 is 1.46. The second-order valence-corrected chi connectivity index (χ2v) is 4.69. The number of primary amides is 1. The van der Waals surface area contributed by atoms with E-state index in [1.165, 1.54) is 4.68 Å². The minimum Gasteiger partial charge on any atom is -0.398 e. The molecular weight excluding hydrogens is 230 g/mol. The average Bonchev–Trinajstić information content (AvgIpc) is 2.66. The highest BCUT2D eigenvalue weighted by molar-refractivity contribution is 6.08. The van der Waals surface area contributed by atoms with Gasteiger partial charge in [0.15, 0.2) is 5.65 Å². The molecular formula is C12H15N5O. The third kappa shape index (κ3) is 1.38. The van der Waals surface area contributed by atoms with Gasteiger partial charge in [0.05, 0.1) is 11.1 Å². The van der Waals surface area contributed by atoms with Crippen LogP contribution in [0.4, 0.5) is 5.69 Å². The largest absolute Gasteiger partial charge is 0.398 e. The number of nitrogens with two attached hydrogens (primary N) is 2. The maximum atomic E-state index is 11.5. The van der Waals surface area contributed by atoms with Crippen LogP contribution in [0.1, 0.15) is 34.6 Å². The van der Waals surface area contributed by atoms with E-state index in [2.05, 4.69) is 10.1 Å². The van der Waals surface area contributed by atoms with Crippen molar-refractivity contribution in [2.75, 3.05) is 5.73 Å². The summed E-state index contributed by atoms with van der Waals surface area (Å²) in [6.07, 6.45) is 4.08. The van der Waals surface area contributed by atoms with Crippen molar-refractivity contribution in [1.82, 2.24) is 14.8 Å². The molecule has 6 nitrogen and oxygen atoms in total. The van der Waals surface area contributed by atoms with E-state index >= 15 is 0 Å². The lowest BCUT2D eigenvalue weighted by Crippen LogP contribution is -2.17. The minimum absolute atomic E-state index is 0.336. The number of carbonyl (C=O) groups is 1. The van der Waals surface area contributed by atoms with Gasteiger partial charge in [0, 0.05) is 12.7 Å². The molecule has 1 aliphatic rings. The smallest absolute Gasteiger partial charge is 0.267 e. The molecule has 0 aromatic carbocycles. The fourth-order valence-corrected chi connectivity index (χ4v) is 2.70. The zero-order chi connectivity index (χ0) is 12.9. The van der Waals surface area contributed by atoms with E-state index in [1.54, 1.807) is 7.05 Å². The van der Waals surface area contributed by atoms with Crippen molar-refractivity contribution in [3.8, 4) is 0 Å². The Morgan fingerprint density at radius 3 is 2.78 bits per heavy atom. The number of rotatable bonds is 1. The number of amides is 1. The van der Waals surface area contributed by atoms with Crippen LogP contribution in [-0.2, 0) is 19.9 Å². The zero-order valence-corrected chi connectivity index (χ0v) is 10.2. The first-order chi connectivity index (χ1) is 8.59. The maximum Gasteiger partial charge on any atom is 0.267 e. The fraction of sp³-hybridized carbons (Fsp3) is 0.417. The number of nitrogens with zero attached hydrogens (tertiary/aromatic N) is 3. The predicted octanol–water partition coefficient (Wildman–Crippen LogP) is 0.528. The Balaban J connectivity index is 2.40. The molecule has 18 heavy (non-hydrogen) atoms. The van der Waals surface area contributed by atoms with Gasteiger partial charge in [-0.3, -0.25) is 9.48 Å². The van der Waals surface area contributed by atoms with Crippen molar-refractivity contribution in [1.29, 1.82) is 0 Å². The molecule has 3 rings (SSSR count). The second kappa shape index (κ2) is 3.69. The first-order valence-electron chi connectivity index (χ1n) is 6.03. The summed E-state index contributed by atoms with van der Waals surface area (Å²) in [4.78, 5) is 16.0. The van der Waals surface area contributed by atoms with Crippen LogP contribution in [-0.4, -0.2) is 20.7 Å². The monoisotopic (exact) mass is 245 g/mol. The van der Waals surface area contributed by atoms with Crippen LogP contribution in [0, 0.1) is 0 Å². The molecule has 1 amide bonds. The van der Waals surface area contributed by atoms with Gasteiger partial charge in [-0.2, -0.15) is 5.10 Å². The zero-order valence-electron chi connectivity index (χ0n) is 10.2. The van der Waals surface area contributed by atoms with Crippen molar-refractivity contribution in [3.63, 3.8) is 0 Å². The summed E-state index contributed by atoms with van der Waals surface area (Å²) in [5, 5.41) is 4.83. The van der Waals surface area contributed by atoms with E-state index in [0.29, 0.717) is 22.4 Å². The molecule has 0 unspecified atom stereocenters. The molecule has 0 radical (unpaired) electrons. The summed E-state index contributed by atoms with van der Waals surface area (Å²) >= 11 is 0. The SMILES string of the molecule is Cn1nc2nc3c(c(N)c2c1C(N)=O)CCCC3. The van der Waals surface area contributed by atoms with E-state index in [-0.39, 0.29) is 0 Å². The van der Waals surface area contributed by atoms with Crippen LogP contribution in [0.15, 0.2) is 0 Å². The molecule has 2 aromatic rings. The average molecular weight is 245 g/mol. The number of carbonyl (C=O) groups excluding carboxylic acids is 1. The van der Waals surface area contributed by atoms with E-state index in [1.807, 2.05) is 0 Å². The molecule has 2 aromatic heterocycles. The highest BCUT2D eigenvalue weighted by Crippen LogP contribution is 2.32. The molecule has 2 heterocycles. The Morgan fingerprint density at radius 2 is 2.06 bits per heavy atom. The molecule has 4 N–H and O–H groups in total. The van der Waals surface area contributed by atoms with Crippen molar-refractivity contribution in [2.24, 2.45) is 12.8 Å². The quantitative estimate of drug-likeness (QED) is 0.765. The normalized spacial score (nSPS) is 14.7. The molecule has 94 valence electrons. The highest BCUT2D eigenvalue weighted by Gasteiger charge is 2.23. The van der Waals surface area contributed by atoms with Gasteiger partial charge in [-0.15, -0.1) is 0 Å². The molecule has 0 saturated heterocycles. The fourth-order valence-electron chi connectivity index (χ4n) is 2.70. The highest BCUT2D eigenvalue weighted by atomic mass is 16.1. The summed E-state index contributed by atoms with van der Waals surface area (Å²) in [7, 11) is 1.68. The molecule has 0 aliphatic heterocycles. The van der Waals surface area contributed by atoms with Gasteiger partial charge < -0.3 is 11.5 Å². The predicted molar refractivity (Wildman–Crippen MR) is 68.1 cm³/mol. The number of pyridine rings is 1. The van der Waals surface area contributed by atoms with Crippen LogP contribution in [0.3, 0.4) is 0 Å². The Bertz CT molecular complexity index is 658. The number of hydrogen-bond acceptors (Lipinski definition) is 4. The minimum atomic E-state index is -0.524. The van der Waals surface area contributed by atoms with Crippen LogP contribution >= 0.6 is 0 Å². The first-order valence-corrected chi connectivity index (χ1v) is 6.03. The number of fused-ring (bicyclic) bond motifs is 2. The third-order valence-electron chi connectivity index (χ3n) is 3.54. The Morgan fingerprint density at radius 1 is 1.33 bits per heavy atom. The third-order valence-corrected chi connectivity index (χ3v) is 3.54. The molecule has 0 bridgehead atoms. The number of aromatic nitrogens is 3. The molecule has 0 spiro atoms. The second-order valence-electron chi connectivity index (χ2n) is 4.69. The van der Waals surface area contributed by atoms with Crippen molar-refractivity contribution < 1.29 is 4.79 Å². The first kappa shape index (κ1) is 11.0. The summed E-state index contributed by atoms with van der Waals surface area (Å²) in [5.41, 5.74) is 15.1. The van der Waals surface area contributed by atoms with Crippen LogP contribution in [0.25, 0.3) is 11.0 Å². The topological polar surface area (TPSA) is 99.8 Å². The lowest BCUT2D eigenvalue weighted by atomic mass is 9.93. The Kier molecular flexibility index (Phi) is 2.26. The molecule has 6 heteroatoms. The number of hydrogen-bond donors (Lipinski definition) is 2. The maximum absolute atomic E-state index is 11.5. The van der Waals surface area contributed by atoms with Gasteiger partial charge in [0.25, 0.3) is 5.91 Å². The number of aryl methyl sites for hydroxylation is 2. The van der Waals surface area contributed by atoms with E-state index in [0.717, 1.165) is 36.9 Å². The van der Waals surface area contributed by atoms with E-state index in [4.69, 9.17) is 11.5 Å². The molecule has 0 saturated carbocycles. The Labute approximate surface area is 104 Å². The van der Waals surface area contributed by atoms with Crippen LogP contribution in [0.2, 0.25) is 0 Å². The van der Waals surface area contributed by atoms with Gasteiger partial charge in [-0.25, -0.2) is 4.98 Å². The van der Waals surface area contributed by atoms with Crippen LogP contribution < -0.4 is 11.5 Å². The van der Waals surface area contributed by atoms with Crippen molar-refractivity contribution >= 4 is 22.6 Å². The summed E-state index contributed by atoms with van der Waals surface area (Å²) in [6, 6.07) is 0. The van der Waals surface area contributed by atoms with Gasteiger partial charge in [0.2, 0.25) is 0 Å². The van der Waals surface area contributed by atoms with Crippen LogP contribution in [0.5, 0.6) is 0 Å². The van der Waals surface area contributed by atoms with Gasteiger partial charge >= 0.3 is 0 Å². The van der Waals surface area contributed by atoms with Gasteiger partial charge in [-0.1, -0.05) is 0 Å². The number of nitrogen functional groups attached to an aromatic ring is 1. The summed E-state index contributed by atoms with van der Waals surface area (Å²) in [6.45, 7) is 0. The van der Waals surface area contributed by atoms with E-state index < -0.39 is 5.91 Å². The van der Waals surface area contributed by atoms with Gasteiger partial charge in [0.1, 0.15) is 5.69 Å². The lowest BCUT2D eigenvalue weighted by molar-refractivity contribution is 0.0993. The standard InChI is InChI=1S/C12H15N5O/c1-17-10(11(14)18)8-9(13)6-4-2-3-5-7(6)15-12(8)16-17/h2-5,13H2,1H3,(H2,14,18). The molecule has 0 atom stereocenters.